The topological polar surface area (TPSA) is 106 Å². The summed E-state index contributed by atoms with van der Waals surface area (Å²) in [6, 6.07) is 9.81. The number of aliphatic hydroxyl groups excluding tert-OH is 1. The molecule has 190 valence electrons. The molecular formula is C27H26N4O5S. The van der Waals surface area contributed by atoms with E-state index < -0.39 is 17.7 Å². The van der Waals surface area contributed by atoms with Gasteiger partial charge >= 0.3 is 5.91 Å². The zero-order valence-corrected chi connectivity index (χ0v) is 21.5. The molecule has 1 amide bonds. The van der Waals surface area contributed by atoms with Crippen molar-refractivity contribution in [2.45, 2.75) is 33.2 Å². The molecule has 0 radical (unpaired) electrons. The van der Waals surface area contributed by atoms with Gasteiger partial charge in [-0.15, -0.1) is 11.3 Å². The smallest absolute Gasteiger partial charge is 0.301 e. The molecule has 1 saturated heterocycles. The van der Waals surface area contributed by atoms with E-state index >= 15 is 0 Å². The third-order valence-electron chi connectivity index (χ3n) is 6.04. The van der Waals surface area contributed by atoms with E-state index in [1.807, 2.05) is 19.9 Å². The standard InChI is InChI=1S/C27H26N4O5S/c1-4-13-36-18-10-9-17(15-19(18)35-5-2)23-21(25(33)26(34)31(23)27-28-11-14-37-27)24(32)22-16(3)29-20-8-6-7-12-30(20)22/h6-12,14-15,23,32H,4-5,13H2,1-3H3. The summed E-state index contributed by atoms with van der Waals surface area (Å²) in [4.78, 5) is 37.0. The van der Waals surface area contributed by atoms with Crippen molar-refractivity contribution in [3.8, 4) is 11.5 Å². The molecular weight excluding hydrogens is 492 g/mol. The van der Waals surface area contributed by atoms with E-state index in [1.54, 1.807) is 59.4 Å². The monoisotopic (exact) mass is 518 g/mol. The minimum atomic E-state index is -0.931. The normalized spacial score (nSPS) is 17.1. The summed E-state index contributed by atoms with van der Waals surface area (Å²) in [6.45, 7) is 6.55. The molecule has 1 unspecified atom stereocenters. The Hall–Kier alpha value is -4.18. The third kappa shape index (κ3) is 4.23. The average Bonchev–Trinajstić information content (AvgIpc) is 3.60. The Bertz CT molecular complexity index is 1510. The lowest BCUT2D eigenvalue weighted by Gasteiger charge is -2.24. The number of amides is 1. The summed E-state index contributed by atoms with van der Waals surface area (Å²) in [6.07, 6.45) is 4.15. The van der Waals surface area contributed by atoms with Crippen molar-refractivity contribution in [3.63, 3.8) is 0 Å². The van der Waals surface area contributed by atoms with Gasteiger partial charge in [-0.05, 0) is 50.1 Å². The number of aliphatic hydroxyl groups is 1. The molecule has 37 heavy (non-hydrogen) atoms. The summed E-state index contributed by atoms with van der Waals surface area (Å²) in [5.74, 6) is -0.812. The SMILES string of the molecule is CCCOc1ccc(C2C(=C(O)c3c(C)nc4ccccn34)C(=O)C(=O)N2c2nccs2)cc1OCC. The number of thiazole rings is 1. The van der Waals surface area contributed by atoms with Crippen molar-refractivity contribution >= 4 is 39.6 Å². The fourth-order valence-corrected chi connectivity index (χ4v) is 5.17. The van der Waals surface area contributed by atoms with Crippen LogP contribution in [0.1, 0.15) is 43.3 Å². The second-order valence-corrected chi connectivity index (χ2v) is 9.32. The summed E-state index contributed by atoms with van der Waals surface area (Å²) in [5.41, 5.74) is 2.03. The average molecular weight is 519 g/mol. The number of fused-ring (bicyclic) bond motifs is 1. The highest BCUT2D eigenvalue weighted by Crippen LogP contribution is 2.45. The van der Waals surface area contributed by atoms with Gasteiger partial charge in [0.05, 0.1) is 30.5 Å². The molecule has 5 rings (SSSR count). The Morgan fingerprint density at radius 1 is 1.14 bits per heavy atom. The van der Waals surface area contributed by atoms with Crippen LogP contribution in [0.2, 0.25) is 0 Å². The van der Waals surface area contributed by atoms with Crippen LogP contribution in [-0.4, -0.2) is 44.4 Å². The predicted octanol–water partition coefficient (Wildman–Crippen LogP) is 4.91. The lowest BCUT2D eigenvalue weighted by Crippen LogP contribution is -2.29. The number of carbonyl (C=O) groups excluding carboxylic acids is 2. The van der Waals surface area contributed by atoms with E-state index in [9.17, 15) is 14.7 Å². The number of aryl methyl sites for hydroxylation is 1. The van der Waals surface area contributed by atoms with Gasteiger partial charge in [0.1, 0.15) is 11.3 Å². The molecule has 0 spiro atoms. The van der Waals surface area contributed by atoms with Gasteiger partial charge in [0, 0.05) is 17.8 Å². The van der Waals surface area contributed by atoms with E-state index in [1.165, 1.54) is 16.2 Å². The first-order valence-electron chi connectivity index (χ1n) is 12.0. The maximum atomic E-state index is 13.5. The van der Waals surface area contributed by atoms with Crippen molar-refractivity contribution < 1.29 is 24.2 Å². The zero-order valence-electron chi connectivity index (χ0n) is 20.7. The minimum Gasteiger partial charge on any atom is -0.505 e. The van der Waals surface area contributed by atoms with E-state index in [0.29, 0.717) is 52.4 Å². The van der Waals surface area contributed by atoms with E-state index in [4.69, 9.17) is 9.47 Å². The lowest BCUT2D eigenvalue weighted by atomic mass is 9.96. The molecule has 1 fully saturated rings. The molecule has 4 heterocycles. The molecule has 1 N–H and O–H groups in total. The van der Waals surface area contributed by atoms with E-state index in [2.05, 4.69) is 9.97 Å². The van der Waals surface area contributed by atoms with Gasteiger partial charge in [-0.25, -0.2) is 9.97 Å². The van der Waals surface area contributed by atoms with E-state index in [0.717, 1.165) is 6.42 Å². The van der Waals surface area contributed by atoms with Gasteiger partial charge in [-0.1, -0.05) is 19.1 Å². The fourth-order valence-electron chi connectivity index (χ4n) is 4.50. The summed E-state index contributed by atoms with van der Waals surface area (Å²) in [7, 11) is 0. The Labute approximate surface area is 217 Å². The first-order valence-corrected chi connectivity index (χ1v) is 12.9. The molecule has 1 aromatic carbocycles. The van der Waals surface area contributed by atoms with Crippen LogP contribution in [0.25, 0.3) is 11.4 Å². The Kier molecular flexibility index (Phi) is 6.66. The lowest BCUT2D eigenvalue weighted by molar-refractivity contribution is -0.132. The fraction of sp³-hybridized carbons (Fsp3) is 0.259. The number of rotatable bonds is 8. The highest BCUT2D eigenvalue weighted by atomic mass is 32.1. The molecule has 10 heteroatoms. The van der Waals surface area contributed by atoms with Crippen LogP contribution in [0.5, 0.6) is 11.5 Å². The number of hydrogen-bond acceptors (Lipinski definition) is 8. The highest BCUT2D eigenvalue weighted by molar-refractivity contribution is 7.14. The van der Waals surface area contributed by atoms with Crippen molar-refractivity contribution in [2.75, 3.05) is 18.1 Å². The number of anilines is 1. The molecule has 3 aromatic heterocycles. The summed E-state index contributed by atoms with van der Waals surface area (Å²) >= 11 is 1.23. The molecule has 1 aliphatic heterocycles. The number of hydrogen-bond donors (Lipinski definition) is 1. The van der Waals surface area contributed by atoms with Crippen molar-refractivity contribution in [2.24, 2.45) is 0 Å². The largest absolute Gasteiger partial charge is 0.505 e. The summed E-state index contributed by atoms with van der Waals surface area (Å²) in [5, 5.41) is 13.7. The quantitative estimate of drug-likeness (QED) is 0.201. The van der Waals surface area contributed by atoms with Gasteiger partial charge in [-0.2, -0.15) is 0 Å². The number of aromatic nitrogens is 3. The number of ketones is 1. The predicted molar refractivity (Wildman–Crippen MR) is 140 cm³/mol. The first kappa shape index (κ1) is 24.5. The van der Waals surface area contributed by atoms with Gasteiger partial charge in [-0.3, -0.25) is 18.9 Å². The van der Waals surface area contributed by atoms with Gasteiger partial charge in [0.25, 0.3) is 5.78 Å². The molecule has 4 aromatic rings. The highest BCUT2D eigenvalue weighted by Gasteiger charge is 2.48. The number of nitrogens with zero attached hydrogens (tertiary/aromatic N) is 4. The maximum absolute atomic E-state index is 13.5. The second-order valence-electron chi connectivity index (χ2n) is 8.45. The molecule has 0 saturated carbocycles. The number of carbonyl (C=O) groups is 2. The Balaban J connectivity index is 1.73. The number of Topliss-reactive ketones (excluding diaryl/α,β-unsaturated/α-hetero) is 1. The summed E-state index contributed by atoms with van der Waals surface area (Å²) < 4.78 is 13.4. The minimum absolute atomic E-state index is 0.0429. The number of ether oxygens (including phenoxy) is 2. The van der Waals surface area contributed by atoms with Gasteiger partial charge < -0.3 is 14.6 Å². The Morgan fingerprint density at radius 2 is 1.97 bits per heavy atom. The number of imidazole rings is 1. The van der Waals surface area contributed by atoms with Crippen molar-refractivity contribution in [3.05, 3.63) is 76.7 Å². The van der Waals surface area contributed by atoms with Crippen LogP contribution in [-0.2, 0) is 9.59 Å². The molecule has 1 aliphatic rings. The number of benzene rings is 1. The van der Waals surface area contributed by atoms with Crippen LogP contribution in [0, 0.1) is 6.92 Å². The van der Waals surface area contributed by atoms with Crippen LogP contribution in [0.4, 0.5) is 5.13 Å². The Morgan fingerprint density at radius 3 is 2.70 bits per heavy atom. The van der Waals surface area contributed by atoms with Crippen molar-refractivity contribution in [1.82, 2.24) is 14.4 Å². The molecule has 9 nitrogen and oxygen atoms in total. The second kappa shape index (κ2) is 10.1. The third-order valence-corrected chi connectivity index (χ3v) is 6.81. The number of pyridine rings is 1. The first-order chi connectivity index (χ1) is 18.0. The molecule has 0 aliphatic carbocycles. The van der Waals surface area contributed by atoms with Gasteiger partial charge in [0.2, 0.25) is 0 Å². The van der Waals surface area contributed by atoms with Crippen LogP contribution in [0.15, 0.2) is 59.7 Å². The zero-order chi connectivity index (χ0) is 26.1. The maximum Gasteiger partial charge on any atom is 0.301 e. The van der Waals surface area contributed by atoms with Crippen LogP contribution >= 0.6 is 11.3 Å². The van der Waals surface area contributed by atoms with Crippen molar-refractivity contribution in [1.29, 1.82) is 0 Å². The van der Waals surface area contributed by atoms with E-state index in [-0.39, 0.29) is 11.3 Å². The van der Waals surface area contributed by atoms with Crippen LogP contribution < -0.4 is 14.4 Å². The van der Waals surface area contributed by atoms with Gasteiger partial charge in [0.15, 0.2) is 22.4 Å². The molecule has 0 bridgehead atoms. The van der Waals surface area contributed by atoms with Crippen LogP contribution in [0.3, 0.4) is 0 Å². The molecule has 1 atom stereocenters.